The molecule has 7 rings (SSSR count). The van der Waals surface area contributed by atoms with E-state index in [0.29, 0.717) is 52.8 Å². The summed E-state index contributed by atoms with van der Waals surface area (Å²) in [6, 6.07) is 15.6. The predicted molar refractivity (Wildman–Crippen MR) is 510 cm³/mol. The molecule has 0 spiro atoms. The van der Waals surface area contributed by atoms with Crippen molar-refractivity contribution in [1.29, 1.82) is 0 Å². The van der Waals surface area contributed by atoms with E-state index < -0.39 is 11.9 Å². The van der Waals surface area contributed by atoms with Crippen LogP contribution in [0.2, 0.25) is 0 Å². The quantitative estimate of drug-likeness (QED) is 0.0242. The third-order valence-corrected chi connectivity index (χ3v) is 27.4. The van der Waals surface area contributed by atoms with E-state index >= 15 is 9.59 Å². The van der Waals surface area contributed by atoms with Gasteiger partial charge in [-0.2, -0.15) is 0 Å². The number of allylic oxidation sites excluding steroid dienone is 1. The molecule has 3 aromatic rings. The fourth-order valence-electron chi connectivity index (χ4n) is 20.0. The Balaban J connectivity index is 0.964. The maximum absolute atomic E-state index is 15.4. The molecule has 0 N–H and O–H groups in total. The van der Waals surface area contributed by atoms with Crippen molar-refractivity contribution in [2.75, 3.05) is 22.9 Å². The van der Waals surface area contributed by atoms with Crippen LogP contribution in [-0.4, -0.2) is 36.8 Å². The maximum atomic E-state index is 15.4. The lowest BCUT2D eigenvalue weighted by Crippen LogP contribution is -2.28. The fourth-order valence-corrected chi connectivity index (χ4v) is 20.0. The summed E-state index contributed by atoms with van der Waals surface area (Å²) >= 11 is 0. The van der Waals surface area contributed by atoms with Gasteiger partial charge in [-0.25, -0.2) is 9.59 Å². The van der Waals surface area contributed by atoms with Crippen LogP contribution < -0.4 is 19.3 Å². The summed E-state index contributed by atoms with van der Waals surface area (Å²) in [5, 5.41) is 0. The molecule has 4 aliphatic heterocycles. The normalized spacial score (nSPS) is 15.1. The molecule has 8 heteroatoms. The Morgan fingerprint density at radius 1 is 0.271 bits per heavy atom. The highest BCUT2D eigenvalue weighted by molar-refractivity contribution is 6.48. The molecule has 0 fully saturated rings. The minimum atomic E-state index is -0.600. The molecule has 0 atom stereocenters. The van der Waals surface area contributed by atoms with Crippen molar-refractivity contribution in [2.24, 2.45) is 11.8 Å². The van der Waals surface area contributed by atoms with Gasteiger partial charge in [-0.3, -0.25) is 9.59 Å². The van der Waals surface area contributed by atoms with Gasteiger partial charge >= 0.3 is 11.9 Å². The molecule has 4 heterocycles. The molecule has 0 saturated carbocycles. The fraction of sp³-hybridized carbons (Fsp3) is 0.745. The zero-order valence-corrected chi connectivity index (χ0v) is 77.6. The predicted octanol–water partition coefficient (Wildman–Crippen LogP) is 34.8. The summed E-state index contributed by atoms with van der Waals surface area (Å²) in [6.07, 6.45) is 101. The molecule has 0 unspecified atom stereocenters. The first kappa shape index (κ1) is 99.9. The zero-order valence-electron chi connectivity index (χ0n) is 77.6. The van der Waals surface area contributed by atoms with Crippen LogP contribution in [0, 0.1) is 18.8 Å². The number of nitrogens with zero attached hydrogens (tertiary/aromatic N) is 2. The van der Waals surface area contributed by atoms with Gasteiger partial charge in [0.1, 0.15) is 11.5 Å². The van der Waals surface area contributed by atoms with Gasteiger partial charge in [0.2, 0.25) is 0 Å². The largest absolute Gasteiger partial charge is 0.422 e. The highest BCUT2D eigenvalue weighted by Crippen LogP contribution is 2.52. The molecule has 0 bridgehead atoms. The second-order valence-corrected chi connectivity index (χ2v) is 37.7. The Hall–Kier alpha value is -5.24. The molecule has 8 nitrogen and oxygen atoms in total. The number of carbonyl (C=O) groups is 4. The number of fused-ring (bicyclic) bond motifs is 4. The van der Waals surface area contributed by atoms with Crippen LogP contribution in [0.25, 0.3) is 28.4 Å². The van der Waals surface area contributed by atoms with Crippen molar-refractivity contribution in [3.8, 4) is 11.5 Å². The summed E-state index contributed by atoms with van der Waals surface area (Å²) in [5.41, 5.74) is 7.06. The Bertz CT molecular complexity index is 3240. The molecule has 0 saturated heterocycles. The molecule has 4 aliphatic rings. The third-order valence-electron chi connectivity index (χ3n) is 27.4. The van der Waals surface area contributed by atoms with Crippen LogP contribution >= 0.6 is 0 Å². The third kappa shape index (κ3) is 37.8. The van der Waals surface area contributed by atoms with Gasteiger partial charge in [0.05, 0.1) is 33.7 Å². The number of esters is 2. The smallest absolute Gasteiger partial charge is 0.345 e. The van der Waals surface area contributed by atoms with Gasteiger partial charge in [-0.1, -0.05) is 501 Å². The van der Waals surface area contributed by atoms with Crippen LogP contribution in [0.3, 0.4) is 0 Å². The minimum absolute atomic E-state index is 0.190. The molecule has 3 aromatic carbocycles. The number of ether oxygens (including phenoxy) is 2. The number of hydrogen-bond donors (Lipinski definition) is 0. The van der Waals surface area contributed by atoms with E-state index in [2.05, 4.69) is 52.8 Å². The number of unbranched alkanes of at least 4 members (excludes halogenated alkanes) is 60. The van der Waals surface area contributed by atoms with Crippen molar-refractivity contribution < 1.29 is 28.7 Å². The van der Waals surface area contributed by atoms with Crippen molar-refractivity contribution in [1.82, 2.24) is 0 Å². The second-order valence-electron chi connectivity index (χ2n) is 37.7. The number of hydrogen-bond acceptors (Lipinski definition) is 6. The first-order valence-electron chi connectivity index (χ1n) is 51.8. The van der Waals surface area contributed by atoms with E-state index in [1.54, 1.807) is 12.1 Å². The number of aryl methyl sites for hydroxylation is 1. The number of rotatable bonds is 77. The van der Waals surface area contributed by atoms with Crippen molar-refractivity contribution in [3.05, 3.63) is 88.0 Å². The van der Waals surface area contributed by atoms with E-state index in [4.69, 9.17) is 9.47 Å². The van der Waals surface area contributed by atoms with E-state index in [1.165, 1.54) is 437 Å². The minimum Gasteiger partial charge on any atom is -0.422 e. The van der Waals surface area contributed by atoms with Gasteiger partial charge in [-0.05, 0) is 86.8 Å². The monoisotopic (exact) mass is 1620 g/mol. The van der Waals surface area contributed by atoms with Gasteiger partial charge in [0, 0.05) is 35.3 Å². The molecule has 664 valence electrons. The van der Waals surface area contributed by atoms with Crippen LogP contribution in [-0.2, 0) is 19.2 Å². The highest BCUT2D eigenvalue weighted by atomic mass is 16.5. The summed E-state index contributed by atoms with van der Waals surface area (Å²) < 4.78 is 12.4. The molecule has 118 heavy (non-hydrogen) atoms. The molecule has 0 radical (unpaired) electrons. The van der Waals surface area contributed by atoms with Crippen LogP contribution in [0.4, 0.5) is 11.4 Å². The molecular weight excluding hydrogens is 1450 g/mol. The maximum Gasteiger partial charge on any atom is 0.345 e. The first-order valence-corrected chi connectivity index (χ1v) is 51.8. The topological polar surface area (TPSA) is 93.2 Å². The lowest BCUT2D eigenvalue weighted by molar-refractivity contribution is -0.127. The lowest BCUT2D eigenvalue weighted by atomic mass is 9.90. The number of amides is 2. The zero-order chi connectivity index (χ0) is 83.5. The van der Waals surface area contributed by atoms with Crippen LogP contribution in [0.5, 0.6) is 11.5 Å². The molecule has 0 aromatic heterocycles. The van der Waals surface area contributed by atoms with Crippen molar-refractivity contribution >= 4 is 63.5 Å². The summed E-state index contributed by atoms with van der Waals surface area (Å²) in [6.45, 7) is 14.4. The average Bonchev–Trinajstić information content (AvgIpc) is 1.56. The molecular formula is C110H178N2O6. The van der Waals surface area contributed by atoms with Crippen LogP contribution in [0.1, 0.15) is 530 Å². The van der Waals surface area contributed by atoms with E-state index in [0.717, 1.165) is 53.7 Å². The summed E-state index contributed by atoms with van der Waals surface area (Å²) in [5.74, 6) is 0.188. The van der Waals surface area contributed by atoms with Crippen molar-refractivity contribution in [2.45, 2.75) is 504 Å². The lowest BCUT2D eigenvalue weighted by Gasteiger charge is -2.21. The van der Waals surface area contributed by atoms with E-state index in [-0.39, 0.29) is 34.5 Å². The molecule has 2 amide bonds. The number of benzene rings is 3. The Kier molecular flexibility index (Phi) is 53.9. The average molecular weight is 1620 g/mol. The van der Waals surface area contributed by atoms with Crippen molar-refractivity contribution in [3.63, 3.8) is 0 Å². The number of anilines is 2. The Morgan fingerprint density at radius 3 is 0.771 bits per heavy atom. The standard InChI is InChI=1S/C110H178N2O6/c1-7-12-16-20-24-28-32-36-40-44-48-52-56-60-64-68-75-92(76-69-65-61-57-53-49-45-41-37-33-29-25-21-17-13-8-2)79-72-85-111-99-87-91(6)81-83-95(99)103(107(111)113)105-97-89-102-98(90-101(97)117-109(105)115)106(110(116)118-102)104-96-84-82-94(74-11-5)88-100(96)112(108(104)114)86-73-80-93(77-70-66-62-58-54-50-46-42-38-34-30-26-22-18-14-9-3)78-71-67-63-59-55-51-47-43-39-35-31-27-23-19-15-10-4/h11,74,81-84,87-90,92-93H,7-10,12-73,75-80,85-86H2,1-6H3/b74-11+,105-103+,106-104+. The summed E-state index contributed by atoms with van der Waals surface area (Å²) in [4.78, 5) is 63.7. The number of carbonyl (C=O) groups excluding carboxylic acids is 4. The first-order chi connectivity index (χ1) is 58.1. The van der Waals surface area contributed by atoms with Crippen LogP contribution in [0.15, 0.2) is 54.6 Å². The van der Waals surface area contributed by atoms with E-state index in [1.807, 2.05) is 47.1 Å². The SMILES string of the molecule is C/C=C/c1ccc2c(c1)N(CCCC(CCCCCCCCCCCCCCCCCC)CCCCCCCCCCCCCCCCCC)C(=O)/C2=C1/C(=O)Oc2cc3c(cc21)OC(=O)/C3=C1/C(=O)N(CCCC(CCCCCCCCCCCCCCCCCC)CCCCCCCCCCCCCCCCCC)c2cc(C)ccc21. The molecule has 0 aliphatic carbocycles. The van der Waals surface area contributed by atoms with Gasteiger partial charge in [0.25, 0.3) is 11.8 Å². The second kappa shape index (κ2) is 63.7. The summed E-state index contributed by atoms with van der Waals surface area (Å²) in [7, 11) is 0. The van der Waals surface area contributed by atoms with Gasteiger partial charge in [0.15, 0.2) is 0 Å². The van der Waals surface area contributed by atoms with Gasteiger partial charge in [-0.15, -0.1) is 0 Å². The van der Waals surface area contributed by atoms with Gasteiger partial charge < -0.3 is 19.3 Å². The van der Waals surface area contributed by atoms with E-state index in [9.17, 15) is 9.59 Å². The highest BCUT2D eigenvalue weighted by Gasteiger charge is 2.45. The Morgan fingerprint density at radius 2 is 0.508 bits per heavy atom. The Labute approximate surface area is 725 Å².